The Bertz CT molecular complexity index is 337. The van der Waals surface area contributed by atoms with Crippen LogP contribution in [-0.4, -0.2) is 18.8 Å². The van der Waals surface area contributed by atoms with Crippen molar-refractivity contribution >= 4 is 0 Å². The molecule has 0 heterocycles. The highest BCUT2D eigenvalue weighted by Gasteiger charge is 2.05. The van der Waals surface area contributed by atoms with Gasteiger partial charge in [0.05, 0.1) is 20.3 Å². The van der Waals surface area contributed by atoms with E-state index in [9.17, 15) is 0 Å². The van der Waals surface area contributed by atoms with E-state index in [0.29, 0.717) is 5.75 Å². The largest absolute Gasteiger partial charge is 0.493 e. The highest BCUT2D eigenvalue weighted by atomic mass is 16.5. The summed E-state index contributed by atoms with van der Waals surface area (Å²) in [6.07, 6.45) is 6.13. The van der Waals surface area contributed by atoms with E-state index in [2.05, 4.69) is 6.92 Å². The Morgan fingerprint density at radius 1 is 1.06 bits per heavy atom. The lowest BCUT2D eigenvalue weighted by Gasteiger charge is -2.11. The van der Waals surface area contributed by atoms with Crippen molar-refractivity contribution in [2.75, 3.05) is 13.7 Å². The Labute approximate surface area is 110 Å². The number of methoxy groups -OCH3 is 1. The van der Waals surface area contributed by atoms with Crippen LogP contribution in [0.25, 0.3) is 0 Å². The molecule has 1 aromatic carbocycles. The van der Waals surface area contributed by atoms with E-state index in [0.717, 1.165) is 24.3 Å². The average Bonchev–Trinajstić information content (AvgIpc) is 2.42. The number of aliphatic hydroxyl groups is 1. The van der Waals surface area contributed by atoms with Crippen LogP contribution in [0.4, 0.5) is 0 Å². The number of aliphatic hydroxyl groups excluding tert-OH is 1. The number of rotatable bonds is 9. The standard InChI is InChI=1S/C15H24O3/c1-3-4-5-6-7-10-18-14-9-8-13(12-16)11-15(14)17-2/h8-9,11,16H,3-7,10,12H2,1-2H3. The van der Waals surface area contributed by atoms with E-state index >= 15 is 0 Å². The predicted molar refractivity (Wildman–Crippen MR) is 73.2 cm³/mol. The molecule has 1 N–H and O–H groups in total. The zero-order chi connectivity index (χ0) is 13.2. The summed E-state index contributed by atoms with van der Waals surface area (Å²) in [7, 11) is 1.62. The van der Waals surface area contributed by atoms with Gasteiger partial charge in [-0.15, -0.1) is 0 Å². The van der Waals surface area contributed by atoms with Gasteiger partial charge in [0.25, 0.3) is 0 Å². The lowest BCUT2D eigenvalue weighted by molar-refractivity contribution is 0.274. The maximum absolute atomic E-state index is 9.05. The molecule has 102 valence electrons. The van der Waals surface area contributed by atoms with Crippen molar-refractivity contribution in [2.45, 2.75) is 45.6 Å². The normalized spacial score (nSPS) is 10.4. The number of ether oxygens (including phenoxy) is 2. The first-order valence-corrected chi connectivity index (χ1v) is 6.72. The molecule has 0 spiro atoms. The molecule has 0 bridgehead atoms. The molecular formula is C15H24O3. The second kappa shape index (κ2) is 8.81. The van der Waals surface area contributed by atoms with Crippen LogP contribution in [0.2, 0.25) is 0 Å². The van der Waals surface area contributed by atoms with Gasteiger partial charge in [-0.1, -0.05) is 38.7 Å². The fourth-order valence-electron chi connectivity index (χ4n) is 1.82. The molecule has 0 aliphatic rings. The van der Waals surface area contributed by atoms with Gasteiger partial charge >= 0.3 is 0 Å². The molecule has 0 saturated carbocycles. The molecule has 0 aromatic heterocycles. The van der Waals surface area contributed by atoms with Crippen LogP contribution in [-0.2, 0) is 6.61 Å². The minimum atomic E-state index is 0.0215. The molecule has 0 amide bonds. The van der Waals surface area contributed by atoms with E-state index in [-0.39, 0.29) is 6.61 Å². The molecule has 0 fully saturated rings. The highest BCUT2D eigenvalue weighted by molar-refractivity contribution is 5.42. The Balaban J connectivity index is 2.37. The van der Waals surface area contributed by atoms with Crippen LogP contribution < -0.4 is 9.47 Å². The second-order valence-electron chi connectivity index (χ2n) is 4.41. The Kier molecular flexibility index (Phi) is 7.26. The van der Waals surface area contributed by atoms with Gasteiger partial charge in [0.15, 0.2) is 11.5 Å². The van der Waals surface area contributed by atoms with E-state index in [1.165, 1.54) is 25.7 Å². The van der Waals surface area contributed by atoms with E-state index in [1.54, 1.807) is 7.11 Å². The van der Waals surface area contributed by atoms with Crippen LogP contribution in [0.5, 0.6) is 11.5 Å². The molecule has 0 radical (unpaired) electrons. The third-order valence-corrected chi connectivity index (χ3v) is 2.92. The van der Waals surface area contributed by atoms with E-state index in [4.69, 9.17) is 14.6 Å². The number of benzene rings is 1. The van der Waals surface area contributed by atoms with Crippen molar-refractivity contribution in [1.82, 2.24) is 0 Å². The summed E-state index contributed by atoms with van der Waals surface area (Å²) in [5.41, 5.74) is 0.835. The van der Waals surface area contributed by atoms with Crippen molar-refractivity contribution in [3.05, 3.63) is 23.8 Å². The monoisotopic (exact) mass is 252 g/mol. The molecule has 0 unspecified atom stereocenters. The molecular weight excluding hydrogens is 228 g/mol. The predicted octanol–water partition coefficient (Wildman–Crippen LogP) is 3.54. The minimum absolute atomic E-state index is 0.0215. The first-order chi connectivity index (χ1) is 8.81. The molecule has 3 nitrogen and oxygen atoms in total. The first kappa shape index (κ1) is 14.8. The maximum atomic E-state index is 9.05. The van der Waals surface area contributed by atoms with Gasteiger partial charge in [0.1, 0.15) is 0 Å². The quantitative estimate of drug-likeness (QED) is 0.683. The minimum Gasteiger partial charge on any atom is -0.493 e. The molecule has 1 aromatic rings. The van der Waals surface area contributed by atoms with Gasteiger partial charge in [-0.25, -0.2) is 0 Å². The van der Waals surface area contributed by atoms with Gasteiger partial charge < -0.3 is 14.6 Å². The number of hydrogen-bond donors (Lipinski definition) is 1. The summed E-state index contributed by atoms with van der Waals surface area (Å²) in [6, 6.07) is 5.53. The van der Waals surface area contributed by atoms with E-state index in [1.807, 2.05) is 18.2 Å². The summed E-state index contributed by atoms with van der Waals surface area (Å²) >= 11 is 0. The average molecular weight is 252 g/mol. The zero-order valence-corrected chi connectivity index (χ0v) is 11.4. The van der Waals surface area contributed by atoms with Crippen LogP contribution in [0.1, 0.15) is 44.6 Å². The third kappa shape index (κ3) is 4.96. The van der Waals surface area contributed by atoms with Crippen LogP contribution in [0.3, 0.4) is 0 Å². The Hall–Kier alpha value is -1.22. The SMILES string of the molecule is CCCCCCCOc1ccc(CO)cc1OC. The van der Waals surface area contributed by atoms with Crippen molar-refractivity contribution in [2.24, 2.45) is 0 Å². The number of unbranched alkanes of at least 4 members (excludes halogenated alkanes) is 4. The van der Waals surface area contributed by atoms with Crippen LogP contribution >= 0.6 is 0 Å². The van der Waals surface area contributed by atoms with Gasteiger partial charge in [-0.05, 0) is 24.1 Å². The first-order valence-electron chi connectivity index (χ1n) is 6.72. The van der Waals surface area contributed by atoms with Crippen molar-refractivity contribution in [1.29, 1.82) is 0 Å². The highest BCUT2D eigenvalue weighted by Crippen LogP contribution is 2.28. The summed E-state index contributed by atoms with van der Waals surface area (Å²) in [5.74, 6) is 1.44. The van der Waals surface area contributed by atoms with Crippen LogP contribution in [0, 0.1) is 0 Å². The summed E-state index contributed by atoms with van der Waals surface area (Å²) in [5, 5.41) is 9.05. The van der Waals surface area contributed by atoms with Gasteiger partial charge in [-0.2, -0.15) is 0 Å². The second-order valence-corrected chi connectivity index (χ2v) is 4.41. The fourth-order valence-corrected chi connectivity index (χ4v) is 1.82. The van der Waals surface area contributed by atoms with Gasteiger partial charge in [0, 0.05) is 0 Å². The topological polar surface area (TPSA) is 38.7 Å². The lowest BCUT2D eigenvalue weighted by atomic mass is 10.2. The molecule has 0 saturated heterocycles. The molecule has 3 heteroatoms. The van der Waals surface area contributed by atoms with Crippen molar-refractivity contribution in [3.63, 3.8) is 0 Å². The smallest absolute Gasteiger partial charge is 0.161 e. The van der Waals surface area contributed by atoms with Crippen molar-refractivity contribution < 1.29 is 14.6 Å². The summed E-state index contributed by atoms with van der Waals surface area (Å²) in [4.78, 5) is 0. The molecule has 0 aliphatic carbocycles. The fraction of sp³-hybridized carbons (Fsp3) is 0.600. The van der Waals surface area contributed by atoms with E-state index < -0.39 is 0 Å². The van der Waals surface area contributed by atoms with Crippen molar-refractivity contribution in [3.8, 4) is 11.5 Å². The summed E-state index contributed by atoms with van der Waals surface area (Å²) in [6.45, 7) is 2.95. The molecule has 18 heavy (non-hydrogen) atoms. The Morgan fingerprint density at radius 2 is 1.83 bits per heavy atom. The molecule has 0 atom stereocenters. The van der Waals surface area contributed by atoms with Crippen LogP contribution in [0.15, 0.2) is 18.2 Å². The third-order valence-electron chi connectivity index (χ3n) is 2.92. The lowest BCUT2D eigenvalue weighted by Crippen LogP contribution is -2.00. The maximum Gasteiger partial charge on any atom is 0.161 e. The molecule has 0 aliphatic heterocycles. The Morgan fingerprint density at radius 3 is 2.50 bits per heavy atom. The van der Waals surface area contributed by atoms with Gasteiger partial charge in [0.2, 0.25) is 0 Å². The van der Waals surface area contributed by atoms with Gasteiger partial charge in [-0.3, -0.25) is 0 Å². The number of hydrogen-bond acceptors (Lipinski definition) is 3. The zero-order valence-electron chi connectivity index (χ0n) is 11.4. The summed E-state index contributed by atoms with van der Waals surface area (Å²) < 4.78 is 10.9. The molecule has 1 rings (SSSR count).